The highest BCUT2D eigenvalue weighted by atomic mass is 32.2. The molecule has 0 bridgehead atoms. The Morgan fingerprint density at radius 1 is 1.15 bits per heavy atom. The Balaban J connectivity index is 1.46. The number of rotatable bonds is 9. The molecule has 2 aromatic carbocycles. The highest BCUT2D eigenvalue weighted by Gasteiger charge is 2.12. The summed E-state index contributed by atoms with van der Waals surface area (Å²) in [6.07, 6.45) is 0.743. The molecule has 0 atom stereocenters. The van der Waals surface area contributed by atoms with Gasteiger partial charge in [-0.15, -0.1) is 11.8 Å². The second-order valence-electron chi connectivity index (χ2n) is 5.99. The van der Waals surface area contributed by atoms with Crippen molar-refractivity contribution in [1.82, 2.24) is 10.5 Å². The van der Waals surface area contributed by atoms with Gasteiger partial charge in [0.05, 0.1) is 23.6 Å². The number of nitrogens with one attached hydrogen (secondary N) is 1. The molecule has 0 fully saturated rings. The number of ether oxygens (including phenoxy) is 1. The number of hydrogen-bond acceptors (Lipinski definition) is 5. The molecule has 0 aliphatic heterocycles. The van der Waals surface area contributed by atoms with E-state index in [-0.39, 0.29) is 5.91 Å². The maximum absolute atomic E-state index is 12.5. The van der Waals surface area contributed by atoms with Crippen LogP contribution in [0.5, 0.6) is 5.75 Å². The number of carbonyl (C=O) groups is 1. The van der Waals surface area contributed by atoms with E-state index in [4.69, 9.17) is 9.26 Å². The zero-order valence-electron chi connectivity index (χ0n) is 15.2. The highest BCUT2D eigenvalue weighted by molar-refractivity contribution is 7.98. The average Bonchev–Trinajstić information content (AvgIpc) is 3.12. The van der Waals surface area contributed by atoms with Crippen molar-refractivity contribution in [3.8, 4) is 5.75 Å². The Morgan fingerprint density at radius 2 is 1.93 bits per heavy atom. The van der Waals surface area contributed by atoms with E-state index in [2.05, 4.69) is 10.5 Å². The van der Waals surface area contributed by atoms with Crippen LogP contribution < -0.4 is 10.1 Å². The SMILES string of the molecule is Cc1cc(CSc2ccccc2C(=O)NCCCOc2ccccc2)on1. The van der Waals surface area contributed by atoms with Gasteiger partial charge < -0.3 is 14.6 Å². The Hall–Kier alpha value is -2.73. The molecule has 1 amide bonds. The van der Waals surface area contributed by atoms with Crippen LogP contribution in [0, 0.1) is 6.92 Å². The summed E-state index contributed by atoms with van der Waals surface area (Å²) in [4.78, 5) is 13.4. The molecule has 1 N–H and O–H groups in total. The van der Waals surface area contributed by atoms with Gasteiger partial charge in [0.25, 0.3) is 5.91 Å². The molecule has 0 aliphatic rings. The normalized spacial score (nSPS) is 10.6. The number of hydrogen-bond donors (Lipinski definition) is 1. The van der Waals surface area contributed by atoms with E-state index in [9.17, 15) is 4.79 Å². The lowest BCUT2D eigenvalue weighted by molar-refractivity contribution is 0.0948. The smallest absolute Gasteiger partial charge is 0.252 e. The van der Waals surface area contributed by atoms with E-state index in [0.717, 1.165) is 28.5 Å². The molecule has 140 valence electrons. The maximum Gasteiger partial charge on any atom is 0.252 e. The first kappa shape index (κ1) is 19.0. The molecule has 5 nitrogen and oxygen atoms in total. The van der Waals surface area contributed by atoms with Gasteiger partial charge >= 0.3 is 0 Å². The first-order valence-corrected chi connectivity index (χ1v) is 9.81. The van der Waals surface area contributed by atoms with Gasteiger partial charge in [-0.3, -0.25) is 4.79 Å². The minimum Gasteiger partial charge on any atom is -0.494 e. The van der Waals surface area contributed by atoms with Gasteiger partial charge in [-0.05, 0) is 37.6 Å². The predicted octanol–water partition coefficient (Wildman–Crippen LogP) is 4.47. The highest BCUT2D eigenvalue weighted by Crippen LogP contribution is 2.26. The van der Waals surface area contributed by atoms with Crippen LogP contribution in [0.1, 0.15) is 28.2 Å². The van der Waals surface area contributed by atoms with Gasteiger partial charge in [-0.25, -0.2) is 0 Å². The van der Waals surface area contributed by atoms with Crippen LogP contribution in [-0.4, -0.2) is 24.2 Å². The van der Waals surface area contributed by atoms with Crippen molar-refractivity contribution in [2.45, 2.75) is 24.0 Å². The molecule has 1 heterocycles. The monoisotopic (exact) mass is 382 g/mol. The first-order chi connectivity index (χ1) is 13.2. The minimum atomic E-state index is -0.0773. The largest absolute Gasteiger partial charge is 0.494 e. The number of benzene rings is 2. The van der Waals surface area contributed by atoms with Crippen LogP contribution in [0.3, 0.4) is 0 Å². The quantitative estimate of drug-likeness (QED) is 0.437. The zero-order chi connectivity index (χ0) is 18.9. The molecule has 1 aromatic heterocycles. The molecule has 3 aromatic rings. The van der Waals surface area contributed by atoms with Crippen molar-refractivity contribution in [2.75, 3.05) is 13.2 Å². The van der Waals surface area contributed by atoms with Gasteiger partial charge in [-0.2, -0.15) is 0 Å². The fourth-order valence-corrected chi connectivity index (χ4v) is 3.41. The lowest BCUT2D eigenvalue weighted by Gasteiger charge is -2.10. The van der Waals surface area contributed by atoms with Crippen LogP contribution in [0.2, 0.25) is 0 Å². The maximum atomic E-state index is 12.5. The molecule has 0 saturated carbocycles. The molecule has 0 aliphatic carbocycles. The van der Waals surface area contributed by atoms with Crippen molar-refractivity contribution in [1.29, 1.82) is 0 Å². The molecule has 27 heavy (non-hydrogen) atoms. The Bertz CT molecular complexity index is 865. The van der Waals surface area contributed by atoms with Gasteiger partial charge in [0.15, 0.2) is 0 Å². The van der Waals surface area contributed by atoms with Crippen LogP contribution >= 0.6 is 11.8 Å². The van der Waals surface area contributed by atoms with Crippen molar-refractivity contribution in [2.24, 2.45) is 0 Å². The molecule has 3 rings (SSSR count). The second kappa shape index (κ2) is 9.83. The Labute approximate surface area is 163 Å². The molecular formula is C21H22N2O3S. The molecular weight excluding hydrogens is 360 g/mol. The minimum absolute atomic E-state index is 0.0773. The lowest BCUT2D eigenvalue weighted by atomic mass is 10.2. The number of aromatic nitrogens is 1. The van der Waals surface area contributed by atoms with E-state index in [1.807, 2.05) is 67.6 Å². The summed E-state index contributed by atoms with van der Waals surface area (Å²) >= 11 is 1.56. The second-order valence-corrected chi connectivity index (χ2v) is 7.01. The fraction of sp³-hybridized carbons (Fsp3) is 0.238. The summed E-state index contributed by atoms with van der Waals surface area (Å²) in [6, 6.07) is 19.1. The predicted molar refractivity (Wildman–Crippen MR) is 106 cm³/mol. The van der Waals surface area contributed by atoms with Crippen molar-refractivity contribution in [3.05, 3.63) is 77.7 Å². The Kier molecular flexibility index (Phi) is 6.93. The molecule has 0 spiro atoms. The summed E-state index contributed by atoms with van der Waals surface area (Å²) in [6.45, 7) is 3.01. The molecule has 0 unspecified atom stereocenters. The van der Waals surface area contributed by atoms with Gasteiger partial charge in [0.1, 0.15) is 11.5 Å². The third-order valence-electron chi connectivity index (χ3n) is 3.80. The number of nitrogens with zero attached hydrogens (tertiary/aromatic N) is 1. The van der Waals surface area contributed by atoms with Crippen molar-refractivity contribution >= 4 is 17.7 Å². The number of aryl methyl sites for hydroxylation is 1. The number of para-hydroxylation sites is 1. The third-order valence-corrected chi connectivity index (χ3v) is 4.89. The van der Waals surface area contributed by atoms with E-state index < -0.39 is 0 Å². The van der Waals surface area contributed by atoms with Gasteiger partial charge in [0.2, 0.25) is 0 Å². The zero-order valence-corrected chi connectivity index (χ0v) is 16.0. The lowest BCUT2D eigenvalue weighted by Crippen LogP contribution is -2.26. The van der Waals surface area contributed by atoms with Crippen LogP contribution in [0.15, 0.2) is 70.1 Å². The van der Waals surface area contributed by atoms with Crippen LogP contribution in [-0.2, 0) is 5.75 Å². The van der Waals surface area contributed by atoms with Gasteiger partial charge in [-0.1, -0.05) is 35.5 Å². The summed E-state index contributed by atoms with van der Waals surface area (Å²) in [7, 11) is 0. The van der Waals surface area contributed by atoms with Gasteiger partial charge in [0, 0.05) is 17.5 Å². The molecule has 6 heteroatoms. The van der Waals surface area contributed by atoms with E-state index in [0.29, 0.717) is 24.5 Å². The number of carbonyl (C=O) groups excluding carboxylic acids is 1. The fourth-order valence-electron chi connectivity index (χ4n) is 2.49. The summed E-state index contributed by atoms with van der Waals surface area (Å²) in [5.74, 6) is 2.20. The van der Waals surface area contributed by atoms with Crippen LogP contribution in [0.4, 0.5) is 0 Å². The number of amides is 1. The van der Waals surface area contributed by atoms with E-state index in [1.165, 1.54) is 0 Å². The Morgan fingerprint density at radius 3 is 2.70 bits per heavy atom. The summed E-state index contributed by atoms with van der Waals surface area (Å²) in [5, 5.41) is 6.85. The molecule has 0 saturated heterocycles. The van der Waals surface area contributed by atoms with Crippen LogP contribution in [0.25, 0.3) is 0 Å². The number of thioether (sulfide) groups is 1. The third kappa shape index (κ3) is 5.89. The van der Waals surface area contributed by atoms with Crippen molar-refractivity contribution < 1.29 is 14.1 Å². The van der Waals surface area contributed by atoms with E-state index >= 15 is 0 Å². The van der Waals surface area contributed by atoms with E-state index in [1.54, 1.807) is 11.8 Å². The summed E-state index contributed by atoms with van der Waals surface area (Å²) in [5.41, 5.74) is 1.53. The molecule has 0 radical (unpaired) electrons. The standard InChI is InChI=1S/C21H22N2O3S/c1-16-14-18(26-23-16)15-27-20-11-6-5-10-19(20)21(24)22-12-7-13-25-17-8-3-2-4-9-17/h2-6,8-11,14H,7,12-13,15H2,1H3,(H,22,24). The first-order valence-electron chi connectivity index (χ1n) is 8.82. The topological polar surface area (TPSA) is 64.4 Å². The average molecular weight is 382 g/mol. The summed E-state index contributed by atoms with van der Waals surface area (Å²) < 4.78 is 10.9. The van der Waals surface area contributed by atoms with Crippen molar-refractivity contribution in [3.63, 3.8) is 0 Å².